The van der Waals surface area contributed by atoms with Crippen LogP contribution in [0.2, 0.25) is 0 Å². The van der Waals surface area contributed by atoms with Crippen molar-refractivity contribution in [2.75, 3.05) is 24.6 Å². The number of nitrogens with two attached hydrogens (primary N) is 1. The Kier molecular flexibility index (Phi) is 6.60. The Labute approximate surface area is 230 Å². The lowest BCUT2D eigenvalue weighted by atomic mass is 9.87. The van der Waals surface area contributed by atoms with E-state index in [1.807, 2.05) is 30.8 Å². The Balaban J connectivity index is 1.20. The van der Waals surface area contributed by atoms with Crippen molar-refractivity contribution in [2.45, 2.75) is 31.8 Å². The monoisotopic (exact) mass is 539 g/mol. The summed E-state index contributed by atoms with van der Waals surface area (Å²) in [6.07, 6.45) is 13.7. The van der Waals surface area contributed by atoms with Crippen molar-refractivity contribution in [1.82, 2.24) is 34.3 Å². The second-order valence-electron chi connectivity index (χ2n) is 10.3. The van der Waals surface area contributed by atoms with Gasteiger partial charge in [-0.1, -0.05) is 18.2 Å². The second kappa shape index (κ2) is 10.2. The minimum Gasteiger partial charge on any atom is -0.394 e. The van der Waals surface area contributed by atoms with Gasteiger partial charge >= 0.3 is 0 Å². The molecule has 0 spiro atoms. The molecule has 1 aliphatic heterocycles. The molecule has 0 radical (unpaired) electrons. The molecule has 0 bridgehead atoms. The quantitative estimate of drug-likeness (QED) is 0.322. The summed E-state index contributed by atoms with van der Waals surface area (Å²) < 4.78 is 17.0. The van der Waals surface area contributed by atoms with Gasteiger partial charge in [0.1, 0.15) is 12.1 Å². The summed E-state index contributed by atoms with van der Waals surface area (Å²) in [6, 6.07) is 8.15. The van der Waals surface area contributed by atoms with E-state index in [0.29, 0.717) is 12.5 Å². The lowest BCUT2D eigenvalue weighted by molar-refractivity contribution is 0.230. The van der Waals surface area contributed by atoms with Crippen molar-refractivity contribution < 1.29 is 9.50 Å². The van der Waals surface area contributed by atoms with Crippen LogP contribution in [0.5, 0.6) is 0 Å². The molecule has 0 fully saturated rings. The van der Waals surface area contributed by atoms with Crippen LogP contribution in [-0.4, -0.2) is 59.1 Å². The number of benzene rings is 1. The third-order valence-corrected chi connectivity index (χ3v) is 7.53. The van der Waals surface area contributed by atoms with Crippen molar-refractivity contribution in [3.8, 4) is 11.1 Å². The summed E-state index contributed by atoms with van der Waals surface area (Å²) in [7, 11) is 0. The Morgan fingerprint density at radius 1 is 1.02 bits per heavy atom. The number of rotatable bonds is 7. The zero-order valence-corrected chi connectivity index (χ0v) is 22.3. The second-order valence-corrected chi connectivity index (χ2v) is 10.3. The maximum absolute atomic E-state index is 13.4. The highest BCUT2D eigenvalue weighted by Gasteiger charge is 2.26. The highest BCUT2D eigenvalue weighted by Crippen LogP contribution is 2.30. The molecule has 0 aliphatic carbocycles. The van der Waals surface area contributed by atoms with Crippen molar-refractivity contribution >= 4 is 17.0 Å². The predicted molar refractivity (Wildman–Crippen MR) is 150 cm³/mol. The lowest BCUT2D eigenvalue weighted by Gasteiger charge is -2.28. The molecule has 1 aliphatic rings. The first-order valence-corrected chi connectivity index (χ1v) is 13.1. The van der Waals surface area contributed by atoms with Gasteiger partial charge in [0.25, 0.3) is 0 Å². The van der Waals surface area contributed by atoms with E-state index in [-0.39, 0.29) is 18.5 Å². The molecule has 204 valence electrons. The molecule has 5 heterocycles. The average Bonchev–Trinajstić information content (AvgIpc) is 3.65. The van der Waals surface area contributed by atoms with E-state index in [1.54, 1.807) is 41.7 Å². The van der Waals surface area contributed by atoms with Crippen LogP contribution in [0.25, 0.3) is 22.2 Å². The molecule has 0 amide bonds. The molecule has 3 N–H and O–H groups in total. The van der Waals surface area contributed by atoms with Crippen molar-refractivity contribution in [3.05, 3.63) is 96.4 Å². The van der Waals surface area contributed by atoms with Crippen molar-refractivity contribution in [2.24, 2.45) is 5.73 Å². The average molecular weight is 540 g/mol. The molecular weight excluding hydrogens is 509 g/mol. The molecule has 6 rings (SSSR count). The van der Waals surface area contributed by atoms with Gasteiger partial charge in [-0.25, -0.2) is 23.9 Å². The summed E-state index contributed by atoms with van der Waals surface area (Å²) in [4.78, 5) is 15.9. The van der Waals surface area contributed by atoms with E-state index < -0.39 is 5.54 Å². The van der Waals surface area contributed by atoms with Crippen LogP contribution in [0.4, 0.5) is 10.3 Å². The Morgan fingerprint density at radius 3 is 2.50 bits per heavy atom. The smallest absolute Gasteiger partial charge is 0.225 e. The van der Waals surface area contributed by atoms with Crippen LogP contribution in [0.15, 0.2) is 73.7 Å². The van der Waals surface area contributed by atoms with Gasteiger partial charge in [-0.05, 0) is 49.6 Å². The summed E-state index contributed by atoms with van der Waals surface area (Å²) in [5.41, 5.74) is 12.2. The van der Waals surface area contributed by atoms with Gasteiger partial charge in [0.15, 0.2) is 0 Å². The zero-order valence-electron chi connectivity index (χ0n) is 22.3. The predicted octanol–water partition coefficient (Wildman–Crippen LogP) is 3.59. The molecule has 11 heteroatoms. The van der Waals surface area contributed by atoms with Crippen LogP contribution in [0, 0.1) is 5.82 Å². The van der Waals surface area contributed by atoms with Crippen LogP contribution in [0.1, 0.15) is 43.1 Å². The molecule has 2 atom stereocenters. The lowest BCUT2D eigenvalue weighted by Crippen LogP contribution is -2.35. The maximum atomic E-state index is 13.4. The molecule has 10 nitrogen and oxygen atoms in total. The Bertz CT molecular complexity index is 1670. The molecule has 0 unspecified atom stereocenters. The summed E-state index contributed by atoms with van der Waals surface area (Å²) in [6.45, 7) is 5.18. The molecule has 5 aromatic rings. The van der Waals surface area contributed by atoms with Crippen molar-refractivity contribution in [3.63, 3.8) is 0 Å². The summed E-state index contributed by atoms with van der Waals surface area (Å²) in [5.74, 6) is 0.325. The third kappa shape index (κ3) is 4.74. The number of anilines is 1. The Morgan fingerprint density at radius 2 is 1.80 bits per heavy atom. The fourth-order valence-electron chi connectivity index (χ4n) is 4.93. The molecule has 0 saturated carbocycles. The first-order valence-electron chi connectivity index (χ1n) is 13.1. The number of aliphatic hydroxyl groups excluding tert-OH is 1. The number of aromatic nitrogens is 7. The number of hydrogen-bond acceptors (Lipinski definition) is 8. The van der Waals surface area contributed by atoms with Crippen LogP contribution in [-0.2, 0) is 5.54 Å². The van der Waals surface area contributed by atoms with Gasteiger partial charge in [0, 0.05) is 54.6 Å². The zero-order chi connectivity index (χ0) is 27.9. The number of halogens is 1. The number of hydrogen-bond donors (Lipinski definition) is 2. The molecule has 0 saturated heterocycles. The number of nitrogens with zero attached hydrogens (tertiary/aromatic N) is 8. The minimum atomic E-state index is -0.842. The number of fused-ring (bicyclic) bond motifs is 1. The fourth-order valence-corrected chi connectivity index (χ4v) is 4.93. The first kappa shape index (κ1) is 25.8. The van der Waals surface area contributed by atoms with Crippen LogP contribution < -0.4 is 10.6 Å². The highest BCUT2D eigenvalue weighted by atomic mass is 19.1. The van der Waals surface area contributed by atoms with E-state index >= 15 is 0 Å². The molecular formula is C29H30FN9O. The van der Waals surface area contributed by atoms with Crippen LogP contribution in [0.3, 0.4) is 0 Å². The van der Waals surface area contributed by atoms with E-state index in [9.17, 15) is 9.50 Å². The minimum absolute atomic E-state index is 0.0250. The standard InChI is InChI=1S/C29H30FN9O/c1-19(17-40)38-16-22(12-35-38)21-11-26-27(34-18-36-39(26)15-21)20-7-9-37(10-8-20)28-32-13-24(14-33-28)29(2,31)23-3-5-25(30)6-4-23/h3-7,11-16,18-19,40H,8-10,17,31H2,1-2H3/t19-,29+/m1/s1. The SMILES string of the molecule is C[C@H](CO)n1cc(-c2cc3c(C4=CCN(c5ncc([C@@](C)(N)c6ccc(F)cc6)cn5)CC4)ncnn3c2)cn1. The maximum Gasteiger partial charge on any atom is 0.225 e. The van der Waals surface area contributed by atoms with Crippen LogP contribution >= 0.6 is 0 Å². The summed E-state index contributed by atoms with van der Waals surface area (Å²) in [5, 5.41) is 18.2. The van der Waals surface area contributed by atoms with E-state index in [4.69, 9.17) is 5.73 Å². The van der Waals surface area contributed by atoms with Gasteiger partial charge in [0.2, 0.25) is 5.95 Å². The van der Waals surface area contributed by atoms with Gasteiger partial charge in [0.05, 0.1) is 35.6 Å². The van der Waals surface area contributed by atoms with E-state index in [2.05, 4.69) is 42.2 Å². The fraction of sp³-hybridized carbons (Fsp3) is 0.276. The van der Waals surface area contributed by atoms with Crippen molar-refractivity contribution in [1.29, 1.82) is 0 Å². The van der Waals surface area contributed by atoms with E-state index in [1.165, 1.54) is 12.1 Å². The van der Waals surface area contributed by atoms with Gasteiger partial charge in [-0.3, -0.25) is 4.68 Å². The first-order chi connectivity index (χ1) is 19.3. The molecule has 4 aromatic heterocycles. The van der Waals surface area contributed by atoms with Gasteiger partial charge < -0.3 is 15.7 Å². The van der Waals surface area contributed by atoms with E-state index in [0.717, 1.165) is 52.0 Å². The normalized spacial score (nSPS) is 16.1. The molecule has 40 heavy (non-hydrogen) atoms. The van der Waals surface area contributed by atoms with Gasteiger partial charge in [-0.15, -0.1) is 0 Å². The third-order valence-electron chi connectivity index (χ3n) is 7.53. The summed E-state index contributed by atoms with van der Waals surface area (Å²) >= 11 is 0. The topological polar surface area (TPSA) is 123 Å². The number of aliphatic hydroxyl groups is 1. The molecule has 1 aromatic carbocycles. The highest BCUT2D eigenvalue weighted by molar-refractivity contribution is 5.80. The largest absolute Gasteiger partial charge is 0.394 e. The Hall–Kier alpha value is -4.48. The van der Waals surface area contributed by atoms with Gasteiger partial charge in [-0.2, -0.15) is 10.2 Å².